The third-order valence-corrected chi connectivity index (χ3v) is 2.99. The topological polar surface area (TPSA) is 26.3 Å². The van der Waals surface area contributed by atoms with Gasteiger partial charge in [0.25, 0.3) is 0 Å². The van der Waals surface area contributed by atoms with Crippen LogP contribution in [0.5, 0.6) is 0 Å². The maximum atomic E-state index is 11.1. The van der Waals surface area contributed by atoms with Crippen LogP contribution in [0.1, 0.15) is 11.1 Å². The number of carbonyl (C=O) groups is 1. The predicted octanol–water partition coefficient (Wildman–Crippen LogP) is 2.66. The summed E-state index contributed by atoms with van der Waals surface area (Å²) < 4.78 is 5.45. The summed E-state index contributed by atoms with van der Waals surface area (Å²) in [4.78, 5) is 11.1. The number of carbonyl (C=O) groups excluding carboxylic acids is 1. The van der Waals surface area contributed by atoms with E-state index >= 15 is 0 Å². The second-order valence-electron chi connectivity index (χ2n) is 3.23. The monoisotopic (exact) mass is 252 g/mol. The van der Waals surface area contributed by atoms with E-state index in [-0.39, 0.29) is 5.97 Å². The Morgan fingerprint density at radius 1 is 1.29 bits per heavy atom. The Balaban J connectivity index is 2.41. The highest BCUT2D eigenvalue weighted by molar-refractivity contribution is 9.12. The van der Waals surface area contributed by atoms with Gasteiger partial charge in [0.2, 0.25) is 0 Å². The minimum Gasteiger partial charge on any atom is -0.457 e. The molecule has 1 aliphatic heterocycles. The highest BCUT2D eigenvalue weighted by Crippen LogP contribution is 2.29. The molecule has 2 rings (SSSR count). The van der Waals surface area contributed by atoms with Crippen LogP contribution in [0.4, 0.5) is 0 Å². The van der Waals surface area contributed by atoms with Gasteiger partial charge in [0.15, 0.2) is 0 Å². The number of benzene rings is 1. The third-order valence-electron chi connectivity index (χ3n) is 2.19. The Kier molecular flexibility index (Phi) is 2.42. The molecule has 0 saturated heterocycles. The van der Waals surface area contributed by atoms with Crippen molar-refractivity contribution in [3.05, 3.63) is 39.9 Å². The smallest absolute Gasteiger partial charge is 0.346 e. The van der Waals surface area contributed by atoms with Gasteiger partial charge in [-0.1, -0.05) is 29.8 Å². The molecular formula is C11H9BrO2. The van der Waals surface area contributed by atoms with Gasteiger partial charge in [0.05, 0.1) is 0 Å². The summed E-state index contributed by atoms with van der Waals surface area (Å²) in [6.07, 6.45) is 0. The van der Waals surface area contributed by atoms with E-state index in [2.05, 4.69) is 15.9 Å². The van der Waals surface area contributed by atoms with Crippen molar-refractivity contribution in [2.45, 2.75) is 6.92 Å². The fourth-order valence-electron chi connectivity index (χ4n) is 1.35. The molecule has 0 unspecified atom stereocenters. The molecule has 0 spiro atoms. The van der Waals surface area contributed by atoms with Gasteiger partial charge in [0.1, 0.15) is 11.1 Å². The molecule has 0 N–H and O–H groups in total. The van der Waals surface area contributed by atoms with Crippen molar-refractivity contribution in [1.82, 2.24) is 0 Å². The van der Waals surface area contributed by atoms with Crippen LogP contribution < -0.4 is 0 Å². The van der Waals surface area contributed by atoms with Crippen molar-refractivity contribution in [2.24, 2.45) is 0 Å². The summed E-state index contributed by atoms with van der Waals surface area (Å²) in [7, 11) is 0. The van der Waals surface area contributed by atoms with E-state index in [0.29, 0.717) is 11.1 Å². The molecule has 0 aromatic heterocycles. The van der Waals surface area contributed by atoms with Crippen LogP contribution in [0.3, 0.4) is 0 Å². The van der Waals surface area contributed by atoms with Crippen LogP contribution >= 0.6 is 15.9 Å². The number of hydrogen-bond donors (Lipinski definition) is 0. The van der Waals surface area contributed by atoms with Gasteiger partial charge in [0, 0.05) is 5.57 Å². The Morgan fingerprint density at radius 3 is 2.43 bits per heavy atom. The molecular weight excluding hydrogens is 244 g/mol. The van der Waals surface area contributed by atoms with Gasteiger partial charge in [-0.15, -0.1) is 0 Å². The van der Waals surface area contributed by atoms with E-state index in [1.54, 1.807) is 0 Å². The molecule has 2 nitrogen and oxygen atoms in total. The first-order chi connectivity index (χ1) is 6.68. The average molecular weight is 253 g/mol. The van der Waals surface area contributed by atoms with Gasteiger partial charge in [-0.2, -0.15) is 0 Å². The molecule has 0 saturated carbocycles. The molecule has 1 aromatic rings. The molecule has 14 heavy (non-hydrogen) atoms. The maximum Gasteiger partial charge on any atom is 0.346 e. The van der Waals surface area contributed by atoms with Crippen molar-refractivity contribution in [3.8, 4) is 0 Å². The number of halogens is 1. The fourth-order valence-corrected chi connectivity index (χ4v) is 1.81. The SMILES string of the molecule is Cc1ccc(C2=C(Br)C(=O)OC2)cc1. The van der Waals surface area contributed by atoms with Crippen LogP contribution in [0, 0.1) is 6.92 Å². The van der Waals surface area contributed by atoms with Gasteiger partial charge in [-0.3, -0.25) is 0 Å². The standard InChI is InChI=1S/C11H9BrO2/c1-7-2-4-8(5-3-7)9-6-14-11(13)10(9)12/h2-5H,6H2,1H3. The number of ether oxygens (including phenoxy) is 1. The zero-order chi connectivity index (χ0) is 10.1. The van der Waals surface area contributed by atoms with Gasteiger partial charge in [-0.25, -0.2) is 4.79 Å². The Labute approximate surface area is 90.7 Å². The zero-order valence-electron chi connectivity index (χ0n) is 7.71. The lowest BCUT2D eigenvalue weighted by Gasteiger charge is -2.00. The van der Waals surface area contributed by atoms with Crippen LogP contribution in [0.2, 0.25) is 0 Å². The molecule has 0 radical (unpaired) electrons. The molecule has 0 amide bonds. The summed E-state index contributed by atoms with van der Waals surface area (Å²) in [6, 6.07) is 8.03. The van der Waals surface area contributed by atoms with Crippen molar-refractivity contribution in [1.29, 1.82) is 0 Å². The molecule has 1 heterocycles. The molecule has 0 fully saturated rings. The maximum absolute atomic E-state index is 11.1. The number of aryl methyl sites for hydroxylation is 1. The minimum absolute atomic E-state index is 0.277. The number of cyclic esters (lactones) is 1. The van der Waals surface area contributed by atoms with E-state index in [4.69, 9.17) is 4.74 Å². The largest absolute Gasteiger partial charge is 0.457 e. The molecule has 1 aliphatic rings. The van der Waals surface area contributed by atoms with Crippen LogP contribution in [0.15, 0.2) is 28.7 Å². The minimum atomic E-state index is -0.277. The second kappa shape index (κ2) is 3.58. The lowest BCUT2D eigenvalue weighted by atomic mass is 10.1. The summed E-state index contributed by atoms with van der Waals surface area (Å²) in [5.74, 6) is -0.277. The van der Waals surface area contributed by atoms with Crippen molar-refractivity contribution in [2.75, 3.05) is 6.61 Å². The molecule has 0 bridgehead atoms. The molecule has 0 atom stereocenters. The van der Waals surface area contributed by atoms with E-state index < -0.39 is 0 Å². The molecule has 3 heteroatoms. The van der Waals surface area contributed by atoms with E-state index in [0.717, 1.165) is 11.1 Å². The summed E-state index contributed by atoms with van der Waals surface area (Å²) in [5.41, 5.74) is 3.17. The highest BCUT2D eigenvalue weighted by Gasteiger charge is 2.23. The Morgan fingerprint density at radius 2 is 1.93 bits per heavy atom. The fraction of sp³-hybridized carbons (Fsp3) is 0.182. The van der Waals surface area contributed by atoms with Gasteiger partial charge >= 0.3 is 5.97 Å². The lowest BCUT2D eigenvalue weighted by molar-refractivity contribution is -0.135. The first-order valence-electron chi connectivity index (χ1n) is 4.31. The third kappa shape index (κ3) is 1.60. The van der Waals surface area contributed by atoms with Crippen molar-refractivity contribution in [3.63, 3.8) is 0 Å². The summed E-state index contributed by atoms with van der Waals surface area (Å²) >= 11 is 3.23. The van der Waals surface area contributed by atoms with Crippen molar-refractivity contribution >= 4 is 27.5 Å². The summed E-state index contributed by atoms with van der Waals surface area (Å²) in [5, 5.41) is 0. The van der Waals surface area contributed by atoms with E-state index in [1.807, 2.05) is 31.2 Å². The molecule has 1 aromatic carbocycles. The van der Waals surface area contributed by atoms with Gasteiger partial charge in [-0.05, 0) is 28.4 Å². The first-order valence-corrected chi connectivity index (χ1v) is 5.10. The average Bonchev–Trinajstić information content (AvgIpc) is 2.50. The van der Waals surface area contributed by atoms with Crippen LogP contribution in [-0.4, -0.2) is 12.6 Å². The van der Waals surface area contributed by atoms with E-state index in [9.17, 15) is 4.79 Å². The zero-order valence-corrected chi connectivity index (χ0v) is 9.30. The van der Waals surface area contributed by atoms with Gasteiger partial charge < -0.3 is 4.74 Å². The van der Waals surface area contributed by atoms with Crippen LogP contribution in [-0.2, 0) is 9.53 Å². The predicted molar refractivity (Wildman–Crippen MR) is 58.0 cm³/mol. The summed E-state index contributed by atoms with van der Waals surface area (Å²) in [6.45, 7) is 2.39. The Hall–Kier alpha value is -1.09. The van der Waals surface area contributed by atoms with E-state index in [1.165, 1.54) is 5.56 Å². The lowest BCUT2D eigenvalue weighted by Crippen LogP contribution is -1.93. The number of rotatable bonds is 1. The first kappa shape index (κ1) is 9.46. The Bertz CT molecular complexity index is 404. The molecule has 0 aliphatic carbocycles. The number of hydrogen-bond acceptors (Lipinski definition) is 2. The highest BCUT2D eigenvalue weighted by atomic mass is 79.9. The van der Waals surface area contributed by atoms with Crippen molar-refractivity contribution < 1.29 is 9.53 Å². The normalized spacial score (nSPS) is 16.0. The quantitative estimate of drug-likeness (QED) is 0.719. The molecule has 72 valence electrons. The number of esters is 1. The van der Waals surface area contributed by atoms with Crippen LogP contribution in [0.25, 0.3) is 5.57 Å². The second-order valence-corrected chi connectivity index (χ2v) is 4.03.